The quantitative estimate of drug-likeness (QED) is 0.0202. The van der Waals surface area contributed by atoms with Gasteiger partial charge in [0.15, 0.2) is 47.1 Å². The number of alkyl halides is 1. The van der Waals surface area contributed by atoms with Crippen molar-refractivity contribution in [2.75, 3.05) is 55.2 Å². The summed E-state index contributed by atoms with van der Waals surface area (Å²) in [5, 5.41) is 23.0. The summed E-state index contributed by atoms with van der Waals surface area (Å²) in [6, 6.07) is 8.65. The first-order valence-electron chi connectivity index (χ1n) is 21.3. The van der Waals surface area contributed by atoms with Crippen molar-refractivity contribution in [1.29, 1.82) is 0 Å². The summed E-state index contributed by atoms with van der Waals surface area (Å²) in [6.45, 7) is 3.12. The van der Waals surface area contributed by atoms with Crippen molar-refractivity contribution >= 4 is 112 Å². The van der Waals surface area contributed by atoms with Crippen LogP contribution in [0.15, 0.2) is 73.2 Å². The summed E-state index contributed by atoms with van der Waals surface area (Å²) < 4.78 is 92.6. The third kappa shape index (κ3) is 33.1. The molecule has 83 heavy (non-hydrogen) atoms. The van der Waals surface area contributed by atoms with Crippen LogP contribution in [0.3, 0.4) is 0 Å². The van der Waals surface area contributed by atoms with Gasteiger partial charge in [0, 0.05) is 65.7 Å². The number of rotatable bonds is 10. The summed E-state index contributed by atoms with van der Waals surface area (Å²) in [5.41, 5.74) is -0.000140. The molecule has 0 bridgehead atoms. The second-order valence-corrected chi connectivity index (χ2v) is 15.7. The van der Waals surface area contributed by atoms with E-state index < -0.39 is 77.0 Å². The van der Waals surface area contributed by atoms with Gasteiger partial charge in [0.05, 0.1) is 41.1 Å². The number of likely N-dealkylation sites (N-methyl/N-ethyl adjacent to an activating group) is 1. The predicted molar refractivity (Wildman–Crippen MR) is 275 cm³/mol. The normalized spacial score (nSPS) is 10.8. The Morgan fingerprint density at radius 3 is 1.61 bits per heavy atom. The molecule has 0 aliphatic carbocycles. The van der Waals surface area contributed by atoms with Gasteiger partial charge in [0.25, 0.3) is 6.47 Å². The molecular weight excluding hydrogens is 1500 g/mol. The van der Waals surface area contributed by atoms with E-state index in [0.29, 0.717) is 40.9 Å². The molecule has 3 aromatic heterocycles. The van der Waals surface area contributed by atoms with Crippen LogP contribution in [0.25, 0.3) is 0 Å². The first-order valence-corrected chi connectivity index (χ1v) is 23.6. The molecule has 0 fully saturated rings. The Morgan fingerprint density at radius 2 is 1.19 bits per heavy atom. The van der Waals surface area contributed by atoms with E-state index in [1.165, 1.54) is 37.6 Å². The minimum atomic E-state index is -0.940. The smallest absolute Gasteiger partial charge is 1.00 e. The molecule has 6 aromatic rings. The average Bonchev–Trinajstić information content (AvgIpc) is 3.51. The first-order chi connectivity index (χ1) is 37.8. The number of ether oxygens (including phenoxy) is 2. The van der Waals surface area contributed by atoms with Crippen LogP contribution in [0.4, 0.5) is 43.8 Å². The Morgan fingerprint density at radius 1 is 0.759 bits per heavy atom. The van der Waals surface area contributed by atoms with Gasteiger partial charge in [-0.25, -0.2) is 60.7 Å². The van der Waals surface area contributed by atoms with Crippen molar-refractivity contribution in [3.05, 3.63) is 141 Å². The second-order valence-electron chi connectivity index (χ2n) is 14.1. The maximum absolute atomic E-state index is 13.9. The summed E-state index contributed by atoms with van der Waals surface area (Å²) in [7, 11) is 9.30. The molecule has 1 aliphatic heterocycles. The SMILES string of the molecule is CC(=O)OOC(C)=O.CN1c2nc(Cl)ncc2OCC1c1ccc(F)cc1F.CNc1nc(Cl)ncc1O.CNc1nc(Cl)ncc1OCC(=O)c1ccc(F)cc1F.O=C(CBr)c1ccc(F)cc1F.O=CO[O-].[B-]OC(C)=O.[Cs+].[Cs+].[H-].[Na+]. The van der Waals surface area contributed by atoms with Crippen LogP contribution in [0.2, 0.25) is 15.9 Å². The second kappa shape index (κ2) is 46.2. The Balaban J connectivity index is -0.000000470. The largest absolute Gasteiger partial charge is 1.00 e. The van der Waals surface area contributed by atoms with E-state index in [1.807, 2.05) is 0 Å². The van der Waals surface area contributed by atoms with Crippen molar-refractivity contribution in [1.82, 2.24) is 29.9 Å². The molecule has 1 atom stereocenters. The molecule has 0 saturated heterocycles. The number of ketones is 2. The van der Waals surface area contributed by atoms with Gasteiger partial charge in [-0.05, 0) is 65.1 Å². The van der Waals surface area contributed by atoms with Gasteiger partial charge < -0.3 is 54.4 Å². The van der Waals surface area contributed by atoms with Crippen LogP contribution in [0, 0.1) is 34.9 Å². The van der Waals surface area contributed by atoms with Gasteiger partial charge in [0.1, 0.15) is 41.5 Å². The third-order valence-corrected chi connectivity index (χ3v) is 9.65. The number of anilines is 3. The van der Waals surface area contributed by atoms with Crippen LogP contribution < -0.4 is 198 Å². The van der Waals surface area contributed by atoms with Gasteiger partial charge in [-0.1, -0.05) is 22.0 Å². The summed E-state index contributed by atoms with van der Waals surface area (Å²) in [6.07, 6.45) is 4.00. The van der Waals surface area contributed by atoms with Crippen LogP contribution in [-0.4, -0.2) is 119 Å². The van der Waals surface area contributed by atoms with Gasteiger partial charge in [-0.15, -0.1) is 0 Å². The summed E-state index contributed by atoms with van der Waals surface area (Å²) >= 11 is 19.7. The molecule has 23 nitrogen and oxygen atoms in total. The van der Waals surface area contributed by atoms with Crippen molar-refractivity contribution in [3.8, 4) is 17.2 Å². The van der Waals surface area contributed by atoms with E-state index in [4.69, 9.17) is 59.4 Å². The number of fused-ring (bicyclic) bond motifs is 1. The fraction of sp³-hybridized carbons (Fsp3) is 0.217. The molecule has 0 amide bonds. The zero-order chi connectivity index (χ0) is 60.6. The average molecular weight is 1540 g/mol. The Hall–Kier alpha value is -3.02. The summed E-state index contributed by atoms with van der Waals surface area (Å²) in [5.74, 6) is -5.43. The third-order valence-electron chi connectivity index (χ3n) is 8.59. The van der Waals surface area contributed by atoms with Crippen molar-refractivity contribution < 1.29 is 263 Å². The van der Waals surface area contributed by atoms with Gasteiger partial charge in [0.2, 0.25) is 27.6 Å². The number of nitrogens with one attached hydrogen (secondary N) is 2. The minimum Gasteiger partial charge on any atom is -1.00 e. The summed E-state index contributed by atoms with van der Waals surface area (Å²) in [4.78, 5) is 95.3. The van der Waals surface area contributed by atoms with Crippen LogP contribution in [-0.2, 0) is 38.5 Å². The number of hydrogen-bond donors (Lipinski definition) is 3. The monoisotopic (exact) mass is 1540 g/mol. The van der Waals surface area contributed by atoms with Gasteiger partial charge in [-0.3, -0.25) is 19.2 Å². The molecule has 1 aliphatic rings. The number of hydrogen-bond acceptors (Lipinski definition) is 23. The van der Waals surface area contributed by atoms with E-state index in [2.05, 4.69) is 83.8 Å². The molecule has 3 N–H and O–H groups in total. The van der Waals surface area contributed by atoms with Crippen LogP contribution >= 0.6 is 50.7 Å². The number of halogens is 10. The number of aromatic nitrogens is 6. The Labute approximate surface area is 634 Å². The number of benzene rings is 3. The molecule has 37 heteroatoms. The molecule has 0 spiro atoms. The van der Waals surface area contributed by atoms with Crippen molar-refractivity contribution in [3.63, 3.8) is 0 Å². The molecule has 4 heterocycles. The molecule has 3 radical (unpaired) electrons. The molecular formula is C46H42BBrCl3Cs2F6N9NaO14. The topological polar surface area (TPSA) is 306 Å². The van der Waals surface area contributed by atoms with Crippen molar-refractivity contribution in [2.45, 2.75) is 26.8 Å². The number of nitrogens with zero attached hydrogens (tertiary/aromatic N) is 7. The van der Waals surface area contributed by atoms with E-state index in [-0.39, 0.29) is 226 Å². The standard InChI is InChI=1S/C13H10ClF2N3O2.C13H10ClF2N3O.C8H5BrF2O.C5H6ClN3O.C4H6O4.C2H3BO2.CH2O3.2Cs.Na.H/c1-17-12-11(5-18-13(14)19-12)21-6-10(20)8-3-2-7(15)4-9(8)16;1-19-10(8-3-2-7(15)4-9(8)16)6-20-11-5-17-13(14)18-12(11)19;9-4-8(12)6-2-1-5(10)3-7(6)11;1-7-4-3(10)2-8-5(6)9-4;1-3(5)7-8-4(2)6;1-2(4)5-3;2-1-4-3;;;;/h2-5H,6H2,1H3,(H,17,18,19);2-5,10H,6H2,1H3;1-3H,4H2;2,10H,1H3,(H,7,8,9);1-2H3;1H3;1,3H;;;;/q;;;;;-1;;3*+1;-1/p-1. The number of carbonyl (C=O) groups is 6. The maximum Gasteiger partial charge on any atom is 1.00 e. The number of carbonyl (C=O) groups excluding carboxylic acids is 6. The van der Waals surface area contributed by atoms with E-state index in [9.17, 15) is 50.3 Å². The fourth-order valence-corrected chi connectivity index (χ4v) is 5.90. The molecule has 431 valence electrons. The Kier molecular flexibility index (Phi) is 46.8. The van der Waals surface area contributed by atoms with Crippen LogP contribution in [0.5, 0.6) is 17.2 Å². The molecule has 3 aromatic carbocycles. The molecule has 0 saturated carbocycles. The van der Waals surface area contributed by atoms with Gasteiger partial charge in [-0.2, -0.15) is 15.0 Å². The fourth-order valence-electron chi connectivity index (χ4n) is 5.21. The van der Waals surface area contributed by atoms with E-state index in [1.54, 1.807) is 26.0 Å². The number of aromatic hydroxyl groups is 1. The predicted octanol–water partition coefficient (Wildman–Crippen LogP) is -1.67. The Bertz CT molecular complexity index is 3070. The van der Waals surface area contributed by atoms with E-state index >= 15 is 0 Å². The zero-order valence-corrected chi connectivity index (χ0v) is 63.4. The molecule has 1 unspecified atom stereocenters. The minimum absolute atomic E-state index is 0. The van der Waals surface area contributed by atoms with Crippen molar-refractivity contribution in [2.24, 2.45) is 0 Å². The van der Waals surface area contributed by atoms with Gasteiger partial charge >= 0.3 is 179 Å². The zero-order valence-electron chi connectivity index (χ0n) is 45.9. The van der Waals surface area contributed by atoms with Crippen LogP contribution in [0.1, 0.15) is 54.5 Å². The maximum atomic E-state index is 13.9. The molecule has 7 rings (SSSR count). The first kappa shape index (κ1) is 84.2. The number of Topliss-reactive ketones (excluding diaryl/α,β-unsaturated/α-hetero) is 2. The van der Waals surface area contributed by atoms with E-state index in [0.717, 1.165) is 44.2 Å².